The molecule has 1 aliphatic rings. The van der Waals surface area contributed by atoms with Crippen molar-refractivity contribution in [2.24, 2.45) is 11.8 Å². The third-order valence-corrected chi connectivity index (χ3v) is 9.02. The molecule has 9 heteroatoms. The Labute approximate surface area is 274 Å². The molecule has 47 heavy (non-hydrogen) atoms. The van der Waals surface area contributed by atoms with E-state index < -0.39 is 24.0 Å². The van der Waals surface area contributed by atoms with Crippen molar-refractivity contribution in [2.75, 3.05) is 41.5 Å². The van der Waals surface area contributed by atoms with Crippen molar-refractivity contribution in [3.63, 3.8) is 0 Å². The van der Waals surface area contributed by atoms with Crippen molar-refractivity contribution < 1.29 is 38.0 Å². The first-order valence-electron chi connectivity index (χ1n) is 15.5. The van der Waals surface area contributed by atoms with Gasteiger partial charge in [-0.1, -0.05) is 24.3 Å². The first kappa shape index (κ1) is 33.6. The van der Waals surface area contributed by atoms with Gasteiger partial charge in [0.05, 0.1) is 46.5 Å². The number of ketones is 2. The zero-order chi connectivity index (χ0) is 33.5. The monoisotopic (exact) mass is 641 g/mol. The Kier molecular flexibility index (Phi) is 10.9. The first-order valence-corrected chi connectivity index (χ1v) is 15.5. The molecular formula is C38H40FNO7. The average molecular weight is 642 g/mol. The number of carbonyl (C=O) groups is 2. The normalized spacial score (nSPS) is 18.6. The number of piperidine rings is 1. The highest BCUT2D eigenvalue weighted by molar-refractivity contribution is 6.07. The molecule has 1 fully saturated rings. The highest BCUT2D eigenvalue weighted by Gasteiger charge is 2.49. The lowest BCUT2D eigenvalue weighted by molar-refractivity contribution is -0.00793. The molecule has 4 aromatic carbocycles. The highest BCUT2D eigenvalue weighted by Crippen LogP contribution is 2.45. The van der Waals surface area contributed by atoms with Gasteiger partial charge in [-0.25, -0.2) is 4.39 Å². The van der Waals surface area contributed by atoms with Gasteiger partial charge >= 0.3 is 0 Å². The molecule has 1 heterocycles. The summed E-state index contributed by atoms with van der Waals surface area (Å²) in [5.41, 5.74) is 2.20. The maximum absolute atomic E-state index is 14.7. The van der Waals surface area contributed by atoms with E-state index >= 15 is 0 Å². The summed E-state index contributed by atoms with van der Waals surface area (Å²) in [5.74, 6) is -0.415. The van der Waals surface area contributed by atoms with Gasteiger partial charge < -0.3 is 24.1 Å². The number of hydrogen-bond donors (Lipinski definition) is 1. The summed E-state index contributed by atoms with van der Waals surface area (Å²) in [6.07, 6.45) is -0.200. The Morgan fingerprint density at radius 2 is 1.38 bits per heavy atom. The van der Waals surface area contributed by atoms with Crippen molar-refractivity contribution in [1.29, 1.82) is 0 Å². The van der Waals surface area contributed by atoms with Gasteiger partial charge in [0.2, 0.25) is 0 Å². The first-order chi connectivity index (χ1) is 22.8. The molecule has 4 aromatic rings. The van der Waals surface area contributed by atoms with E-state index in [0.29, 0.717) is 65.6 Å². The molecule has 0 bridgehead atoms. The van der Waals surface area contributed by atoms with Gasteiger partial charge in [0, 0.05) is 29.2 Å². The number of nitrogens with zero attached hydrogens (tertiary/aromatic N) is 1. The summed E-state index contributed by atoms with van der Waals surface area (Å²) in [5, 5.41) is 12.1. The zero-order valence-corrected chi connectivity index (χ0v) is 27.0. The molecule has 246 valence electrons. The molecule has 1 saturated heterocycles. The minimum atomic E-state index is -1.15. The number of halogens is 1. The number of para-hydroxylation sites is 1. The molecule has 5 rings (SSSR count). The highest BCUT2D eigenvalue weighted by atomic mass is 19.1. The van der Waals surface area contributed by atoms with Crippen LogP contribution in [0.3, 0.4) is 0 Å². The minimum absolute atomic E-state index is 0.242. The van der Waals surface area contributed by atoms with Gasteiger partial charge in [0.25, 0.3) is 0 Å². The second kappa shape index (κ2) is 15.2. The van der Waals surface area contributed by atoms with Gasteiger partial charge in [0.15, 0.2) is 23.1 Å². The second-order valence-corrected chi connectivity index (χ2v) is 11.5. The van der Waals surface area contributed by atoms with Crippen LogP contribution in [0.2, 0.25) is 0 Å². The zero-order valence-electron chi connectivity index (χ0n) is 27.0. The molecule has 0 radical (unpaired) electrons. The lowest BCUT2D eigenvalue weighted by atomic mass is 9.69. The van der Waals surface area contributed by atoms with Crippen LogP contribution in [0.15, 0.2) is 91.0 Å². The fraction of sp³-hybridized carbons (Fsp3) is 0.316. The van der Waals surface area contributed by atoms with Crippen LogP contribution in [-0.4, -0.2) is 69.1 Å². The van der Waals surface area contributed by atoms with Crippen molar-refractivity contribution in [1.82, 2.24) is 4.90 Å². The Morgan fingerprint density at radius 3 is 1.94 bits per heavy atom. The molecule has 0 saturated carbocycles. The van der Waals surface area contributed by atoms with Gasteiger partial charge in [-0.15, -0.1) is 0 Å². The van der Waals surface area contributed by atoms with E-state index in [1.807, 2.05) is 4.90 Å². The number of methoxy groups -OCH3 is 4. The molecule has 1 aliphatic heterocycles. The van der Waals surface area contributed by atoms with E-state index in [1.165, 1.54) is 26.4 Å². The molecule has 0 aliphatic carbocycles. The Morgan fingerprint density at radius 1 is 0.787 bits per heavy atom. The minimum Gasteiger partial charge on any atom is -0.497 e. The van der Waals surface area contributed by atoms with E-state index in [-0.39, 0.29) is 17.4 Å². The molecule has 8 nitrogen and oxygen atoms in total. The van der Waals surface area contributed by atoms with E-state index in [1.54, 1.807) is 93.1 Å². The van der Waals surface area contributed by atoms with E-state index in [0.717, 1.165) is 5.56 Å². The maximum Gasteiger partial charge on any atom is 0.180 e. The number of Topliss-reactive ketones (excluding diaryl/α,β-unsaturated/α-hetero) is 2. The van der Waals surface area contributed by atoms with E-state index in [2.05, 4.69) is 0 Å². The molecule has 2 unspecified atom stereocenters. The third kappa shape index (κ3) is 7.32. The topological polar surface area (TPSA) is 94.5 Å². The van der Waals surface area contributed by atoms with Crippen LogP contribution in [0.4, 0.5) is 4.39 Å². The van der Waals surface area contributed by atoms with Gasteiger partial charge in [-0.05, 0) is 91.7 Å². The number of ether oxygens (including phenoxy) is 4. The second-order valence-electron chi connectivity index (χ2n) is 11.5. The summed E-state index contributed by atoms with van der Waals surface area (Å²) in [7, 11) is 6.13. The number of rotatable bonds is 13. The van der Waals surface area contributed by atoms with E-state index in [4.69, 9.17) is 18.9 Å². The smallest absolute Gasteiger partial charge is 0.180 e. The fourth-order valence-corrected chi connectivity index (χ4v) is 6.54. The molecule has 0 aromatic heterocycles. The summed E-state index contributed by atoms with van der Waals surface area (Å²) < 4.78 is 35.5. The van der Waals surface area contributed by atoms with Gasteiger partial charge in [-0.3, -0.25) is 14.5 Å². The Hall–Kier alpha value is -4.73. The van der Waals surface area contributed by atoms with Gasteiger partial charge in [-0.2, -0.15) is 0 Å². The molecule has 0 amide bonds. The van der Waals surface area contributed by atoms with Crippen LogP contribution < -0.4 is 18.9 Å². The van der Waals surface area contributed by atoms with E-state index in [9.17, 15) is 19.1 Å². The Bertz CT molecular complexity index is 1660. The lowest BCUT2D eigenvalue weighted by Gasteiger charge is -2.46. The van der Waals surface area contributed by atoms with Crippen molar-refractivity contribution in [3.8, 4) is 23.0 Å². The summed E-state index contributed by atoms with van der Waals surface area (Å²) in [4.78, 5) is 31.3. The number of aliphatic hydroxyl groups excluding tert-OH is 1. The number of hydrogen-bond acceptors (Lipinski definition) is 8. The number of benzene rings is 4. The summed E-state index contributed by atoms with van der Waals surface area (Å²) in [6.45, 7) is 0.879. The van der Waals surface area contributed by atoms with Gasteiger partial charge in [0.1, 0.15) is 17.3 Å². The average Bonchev–Trinajstić information content (AvgIpc) is 3.12. The number of likely N-dealkylation sites (tertiary alicyclic amines) is 1. The summed E-state index contributed by atoms with van der Waals surface area (Å²) in [6, 6.07) is 24.2. The summed E-state index contributed by atoms with van der Waals surface area (Å²) >= 11 is 0. The molecule has 1 N–H and O–H groups in total. The lowest BCUT2D eigenvalue weighted by Crippen LogP contribution is -2.57. The van der Waals surface area contributed by atoms with Crippen LogP contribution in [0, 0.1) is 17.7 Å². The number of aliphatic hydroxyl groups is 1. The van der Waals surface area contributed by atoms with Crippen molar-refractivity contribution in [3.05, 3.63) is 119 Å². The SMILES string of the molecule is COc1ccc(C(=O)[C@@H]2[C@@H](C(=O)c3ccc(OC)cc3)C(C(O)c3cccc(OC)c3OC)CCN2CCc2ccc(F)cc2)cc1. The van der Waals surface area contributed by atoms with Crippen LogP contribution in [0.1, 0.15) is 44.4 Å². The van der Waals surface area contributed by atoms with Crippen LogP contribution in [0.25, 0.3) is 0 Å². The van der Waals surface area contributed by atoms with Crippen molar-refractivity contribution >= 4 is 11.6 Å². The quantitative estimate of drug-likeness (QED) is 0.172. The largest absolute Gasteiger partial charge is 0.497 e. The number of carbonyl (C=O) groups excluding carboxylic acids is 2. The predicted molar refractivity (Wildman–Crippen MR) is 176 cm³/mol. The van der Waals surface area contributed by atoms with Crippen LogP contribution in [-0.2, 0) is 6.42 Å². The van der Waals surface area contributed by atoms with Crippen LogP contribution in [0.5, 0.6) is 23.0 Å². The van der Waals surface area contributed by atoms with Crippen molar-refractivity contribution in [2.45, 2.75) is 25.0 Å². The molecular weight excluding hydrogens is 601 g/mol. The maximum atomic E-state index is 14.7. The fourth-order valence-electron chi connectivity index (χ4n) is 6.54. The Balaban J connectivity index is 1.61. The van der Waals surface area contributed by atoms with Crippen LogP contribution >= 0.6 is 0 Å². The standard InChI is InChI=1S/C38H40FNO7/c1-44-28-16-10-25(11-17-28)35(41)33-30(37(43)31-6-5-7-32(46-3)38(31)47-4)21-23-40(22-20-24-8-14-27(39)15-9-24)34(33)36(42)26-12-18-29(45-2)19-13-26/h5-19,30,33-34,37,43H,20-23H2,1-4H3/t30?,33-,34-,37?/m0/s1. The predicted octanol–water partition coefficient (Wildman–Crippen LogP) is 6.21. The molecule has 4 atom stereocenters. The third-order valence-electron chi connectivity index (χ3n) is 9.02. The molecule has 0 spiro atoms.